The fraction of sp³-hybridized carbons (Fsp3) is 0.231. The fourth-order valence-corrected chi connectivity index (χ4v) is 3.53. The topological polar surface area (TPSA) is 80.1 Å². The van der Waals surface area contributed by atoms with E-state index in [1.54, 1.807) is 6.07 Å². The number of nitrogens with one attached hydrogen (secondary N) is 1. The van der Waals surface area contributed by atoms with Crippen molar-refractivity contribution in [3.8, 4) is 0 Å². The predicted molar refractivity (Wildman–Crippen MR) is 81.7 cm³/mol. The highest BCUT2D eigenvalue weighted by molar-refractivity contribution is 8.00. The maximum atomic E-state index is 12.0. The molecule has 2 aromatic rings. The SMILES string of the molecule is O=C(Cn1cncn1)NN1C(=O)CSC1c1ccccc1Cl. The summed E-state index contributed by atoms with van der Waals surface area (Å²) in [5.74, 6) is -0.222. The first kappa shape index (κ1) is 14.9. The Labute approximate surface area is 135 Å². The Hall–Kier alpha value is -2.06. The van der Waals surface area contributed by atoms with Gasteiger partial charge in [0.2, 0.25) is 0 Å². The predicted octanol–water partition coefficient (Wildman–Crippen LogP) is 1.24. The summed E-state index contributed by atoms with van der Waals surface area (Å²) in [4.78, 5) is 27.8. The van der Waals surface area contributed by atoms with Crippen molar-refractivity contribution in [3.63, 3.8) is 0 Å². The molecular formula is C13H12ClN5O2S. The Morgan fingerprint density at radius 1 is 1.45 bits per heavy atom. The third-order valence-corrected chi connectivity index (χ3v) is 4.59. The fourth-order valence-electron chi connectivity index (χ4n) is 2.08. The highest BCUT2D eigenvalue weighted by atomic mass is 35.5. The number of amides is 2. The van der Waals surface area contributed by atoms with Gasteiger partial charge >= 0.3 is 0 Å². The molecule has 0 spiro atoms. The monoisotopic (exact) mass is 337 g/mol. The second kappa shape index (κ2) is 6.37. The van der Waals surface area contributed by atoms with E-state index < -0.39 is 0 Å². The molecule has 9 heteroatoms. The highest BCUT2D eigenvalue weighted by Crippen LogP contribution is 2.40. The van der Waals surface area contributed by atoms with Gasteiger partial charge in [0.15, 0.2) is 0 Å². The van der Waals surface area contributed by atoms with Crippen LogP contribution in [0.1, 0.15) is 10.9 Å². The molecule has 22 heavy (non-hydrogen) atoms. The smallest absolute Gasteiger partial charge is 0.260 e. The number of rotatable bonds is 4. The minimum Gasteiger partial charge on any atom is -0.272 e. The van der Waals surface area contributed by atoms with Crippen molar-refractivity contribution in [1.29, 1.82) is 0 Å². The zero-order chi connectivity index (χ0) is 15.5. The number of hydrazine groups is 1. The van der Waals surface area contributed by atoms with Crippen molar-refractivity contribution in [3.05, 3.63) is 47.5 Å². The molecule has 2 amide bonds. The molecule has 1 aromatic carbocycles. The molecule has 1 aliphatic rings. The van der Waals surface area contributed by atoms with Crippen LogP contribution in [0.25, 0.3) is 0 Å². The first-order chi connectivity index (χ1) is 10.6. The van der Waals surface area contributed by atoms with Gasteiger partial charge < -0.3 is 0 Å². The Morgan fingerprint density at radius 2 is 2.27 bits per heavy atom. The molecule has 7 nitrogen and oxygen atoms in total. The number of hydrogen-bond donors (Lipinski definition) is 1. The average molecular weight is 338 g/mol. The van der Waals surface area contributed by atoms with E-state index in [9.17, 15) is 9.59 Å². The van der Waals surface area contributed by atoms with E-state index in [-0.39, 0.29) is 23.7 Å². The number of benzene rings is 1. The second-order valence-corrected chi connectivity index (χ2v) is 6.05. The number of carbonyl (C=O) groups is 2. The lowest BCUT2D eigenvalue weighted by molar-refractivity contribution is -0.139. The van der Waals surface area contributed by atoms with Crippen LogP contribution < -0.4 is 5.43 Å². The van der Waals surface area contributed by atoms with E-state index >= 15 is 0 Å². The molecule has 1 atom stereocenters. The first-order valence-electron chi connectivity index (χ1n) is 6.45. The molecule has 0 radical (unpaired) electrons. The summed E-state index contributed by atoms with van der Waals surface area (Å²) in [6.07, 6.45) is 2.78. The van der Waals surface area contributed by atoms with Gasteiger partial charge in [-0.25, -0.2) is 14.7 Å². The maximum absolute atomic E-state index is 12.0. The number of nitrogens with zero attached hydrogens (tertiary/aromatic N) is 4. The van der Waals surface area contributed by atoms with E-state index in [4.69, 9.17) is 11.6 Å². The third kappa shape index (κ3) is 3.07. The molecule has 114 valence electrons. The lowest BCUT2D eigenvalue weighted by Gasteiger charge is -2.25. The summed E-state index contributed by atoms with van der Waals surface area (Å²) in [5, 5.41) is 5.41. The van der Waals surface area contributed by atoms with E-state index in [0.717, 1.165) is 5.56 Å². The second-order valence-electron chi connectivity index (χ2n) is 4.58. The van der Waals surface area contributed by atoms with Crippen molar-refractivity contribution in [1.82, 2.24) is 25.2 Å². The van der Waals surface area contributed by atoms with Gasteiger partial charge in [0.25, 0.3) is 11.8 Å². The van der Waals surface area contributed by atoms with Crippen molar-refractivity contribution in [2.75, 3.05) is 5.75 Å². The van der Waals surface area contributed by atoms with Crippen molar-refractivity contribution < 1.29 is 9.59 Å². The van der Waals surface area contributed by atoms with Crippen LogP contribution in [0.3, 0.4) is 0 Å². The van der Waals surface area contributed by atoms with Crippen LogP contribution in [0.4, 0.5) is 0 Å². The van der Waals surface area contributed by atoms with Crippen LogP contribution in [0, 0.1) is 0 Å². The van der Waals surface area contributed by atoms with Crippen LogP contribution in [-0.2, 0) is 16.1 Å². The zero-order valence-corrected chi connectivity index (χ0v) is 12.9. The summed E-state index contributed by atoms with van der Waals surface area (Å²) in [7, 11) is 0. The molecule has 1 N–H and O–H groups in total. The van der Waals surface area contributed by atoms with Crippen molar-refractivity contribution >= 4 is 35.2 Å². The molecule has 0 bridgehead atoms. The summed E-state index contributed by atoms with van der Waals surface area (Å²) in [6.45, 7) is -0.0102. The van der Waals surface area contributed by atoms with Gasteiger partial charge in [0, 0.05) is 10.6 Å². The van der Waals surface area contributed by atoms with Crippen molar-refractivity contribution in [2.45, 2.75) is 11.9 Å². The zero-order valence-electron chi connectivity index (χ0n) is 11.3. The Balaban J connectivity index is 1.74. The molecule has 3 rings (SSSR count). The van der Waals surface area contributed by atoms with Gasteiger partial charge in [-0.15, -0.1) is 11.8 Å². The molecule has 1 saturated heterocycles. The lowest BCUT2D eigenvalue weighted by atomic mass is 10.2. The minimum atomic E-state index is -0.349. The third-order valence-electron chi connectivity index (χ3n) is 3.06. The summed E-state index contributed by atoms with van der Waals surface area (Å²) in [5.41, 5.74) is 3.41. The minimum absolute atomic E-state index is 0.0102. The van der Waals surface area contributed by atoms with Crippen LogP contribution >= 0.6 is 23.4 Å². The molecule has 1 aliphatic heterocycles. The van der Waals surface area contributed by atoms with E-state index in [2.05, 4.69) is 15.5 Å². The highest BCUT2D eigenvalue weighted by Gasteiger charge is 2.35. The van der Waals surface area contributed by atoms with E-state index in [1.807, 2.05) is 18.2 Å². The van der Waals surface area contributed by atoms with Crippen LogP contribution in [0.5, 0.6) is 0 Å². The maximum Gasteiger partial charge on any atom is 0.260 e. The molecule has 0 aliphatic carbocycles. The Morgan fingerprint density at radius 3 is 3.00 bits per heavy atom. The van der Waals surface area contributed by atoms with Gasteiger partial charge in [-0.3, -0.25) is 15.0 Å². The van der Waals surface area contributed by atoms with Crippen LogP contribution in [0.2, 0.25) is 5.02 Å². The van der Waals surface area contributed by atoms with Gasteiger partial charge in [0.05, 0.1) is 5.75 Å². The number of aromatic nitrogens is 3. The summed E-state index contributed by atoms with van der Waals surface area (Å²) >= 11 is 7.60. The summed E-state index contributed by atoms with van der Waals surface area (Å²) < 4.78 is 1.38. The molecule has 1 unspecified atom stereocenters. The largest absolute Gasteiger partial charge is 0.272 e. The number of halogens is 1. The Kier molecular flexibility index (Phi) is 4.30. The molecule has 1 aromatic heterocycles. The molecule has 1 fully saturated rings. The van der Waals surface area contributed by atoms with Gasteiger partial charge in [-0.2, -0.15) is 5.10 Å². The lowest BCUT2D eigenvalue weighted by Crippen LogP contribution is -2.45. The standard InChI is InChI=1S/C13H12ClN5O2S/c14-10-4-2-1-3-9(10)13-19(12(21)6-22-13)17-11(20)5-18-8-15-7-16-18/h1-4,7-8,13H,5-6H2,(H,17,20). The van der Waals surface area contributed by atoms with Crippen LogP contribution in [0.15, 0.2) is 36.9 Å². The van der Waals surface area contributed by atoms with E-state index in [1.165, 1.54) is 34.1 Å². The van der Waals surface area contributed by atoms with Crippen LogP contribution in [-0.4, -0.2) is 37.3 Å². The Bertz CT molecular complexity index is 693. The van der Waals surface area contributed by atoms with Gasteiger partial charge in [-0.05, 0) is 6.07 Å². The first-order valence-corrected chi connectivity index (χ1v) is 7.88. The van der Waals surface area contributed by atoms with Gasteiger partial charge in [0.1, 0.15) is 24.6 Å². The quantitative estimate of drug-likeness (QED) is 0.908. The number of thioether (sulfide) groups is 1. The summed E-state index contributed by atoms with van der Waals surface area (Å²) in [6, 6.07) is 7.27. The van der Waals surface area contributed by atoms with Crippen molar-refractivity contribution in [2.24, 2.45) is 0 Å². The molecule has 0 saturated carbocycles. The number of carbonyl (C=O) groups excluding carboxylic acids is 2. The van der Waals surface area contributed by atoms with Gasteiger partial charge in [-0.1, -0.05) is 29.8 Å². The molecule has 2 heterocycles. The normalized spacial score (nSPS) is 17.8. The molecular weight excluding hydrogens is 326 g/mol. The van der Waals surface area contributed by atoms with E-state index in [0.29, 0.717) is 10.8 Å². The average Bonchev–Trinajstić information content (AvgIpc) is 3.11. The number of hydrogen-bond acceptors (Lipinski definition) is 5.